The van der Waals surface area contributed by atoms with Crippen molar-refractivity contribution in [3.63, 3.8) is 0 Å². The van der Waals surface area contributed by atoms with E-state index in [2.05, 4.69) is 20.8 Å². The molecule has 0 aromatic heterocycles. The van der Waals surface area contributed by atoms with Crippen LogP contribution in [0.5, 0.6) is 17.2 Å². The van der Waals surface area contributed by atoms with Gasteiger partial charge in [0.05, 0.1) is 7.11 Å². The highest BCUT2D eigenvalue weighted by Gasteiger charge is 2.53. The van der Waals surface area contributed by atoms with Crippen LogP contribution in [0.15, 0.2) is 5.57 Å². The third-order valence-corrected chi connectivity index (χ3v) is 6.14. The topological polar surface area (TPSA) is 66.8 Å². The number of aldehydes is 1. The molecule has 0 aliphatic heterocycles. The molecule has 3 rings (SSSR count). The van der Waals surface area contributed by atoms with Crippen molar-refractivity contribution < 1.29 is 19.7 Å². The predicted molar refractivity (Wildman–Crippen MR) is 98.4 cm³/mol. The number of carbonyl (C=O) groups is 1. The number of phenols is 2. The van der Waals surface area contributed by atoms with Crippen LogP contribution < -0.4 is 4.74 Å². The van der Waals surface area contributed by atoms with E-state index in [1.54, 1.807) is 0 Å². The maximum Gasteiger partial charge on any atom is 0.167 e. The van der Waals surface area contributed by atoms with E-state index in [9.17, 15) is 15.0 Å². The van der Waals surface area contributed by atoms with E-state index in [-0.39, 0.29) is 22.8 Å². The van der Waals surface area contributed by atoms with E-state index in [1.807, 2.05) is 13.8 Å². The Bertz CT molecular complexity index is 786. The fourth-order valence-electron chi connectivity index (χ4n) is 5.30. The first-order valence-electron chi connectivity index (χ1n) is 8.98. The number of benzene rings is 1. The zero-order valence-electron chi connectivity index (χ0n) is 16.0. The Hall–Kier alpha value is -1.97. The standard InChI is InChI=1S/C21H28O4/c1-11(2)13-16(23)14-12(10-22)19-20(3,4)8-7-9-21(19,5)15(14)17(24)18(13)25-6/h10-11,23-24H,7-9H2,1-6H3/t21-/m0/s1. The van der Waals surface area contributed by atoms with Gasteiger partial charge in [-0.1, -0.05) is 41.0 Å². The summed E-state index contributed by atoms with van der Waals surface area (Å²) in [5.74, 6) is 0.407. The predicted octanol–water partition coefficient (Wildman–Crippen LogP) is 4.66. The van der Waals surface area contributed by atoms with Crippen molar-refractivity contribution in [2.75, 3.05) is 7.11 Å². The van der Waals surface area contributed by atoms with Gasteiger partial charge in [0.2, 0.25) is 0 Å². The second kappa shape index (κ2) is 5.52. The maximum atomic E-state index is 12.1. The second-order valence-corrected chi connectivity index (χ2v) is 8.52. The Morgan fingerprint density at radius 3 is 2.28 bits per heavy atom. The van der Waals surface area contributed by atoms with Gasteiger partial charge in [-0.25, -0.2) is 0 Å². The van der Waals surface area contributed by atoms with E-state index < -0.39 is 5.41 Å². The van der Waals surface area contributed by atoms with Gasteiger partial charge in [0.1, 0.15) is 5.75 Å². The molecule has 1 fully saturated rings. The van der Waals surface area contributed by atoms with Gasteiger partial charge in [0, 0.05) is 27.7 Å². The lowest BCUT2D eigenvalue weighted by Crippen LogP contribution is -2.36. The Labute approximate surface area is 149 Å². The fraction of sp³-hybridized carbons (Fsp3) is 0.571. The zero-order valence-corrected chi connectivity index (χ0v) is 16.0. The van der Waals surface area contributed by atoms with Crippen LogP contribution >= 0.6 is 0 Å². The lowest BCUT2D eigenvalue weighted by molar-refractivity contribution is -0.103. The molecule has 2 N–H and O–H groups in total. The molecule has 0 heterocycles. The van der Waals surface area contributed by atoms with Crippen LogP contribution in [0.25, 0.3) is 5.57 Å². The first kappa shape index (κ1) is 17.8. The summed E-state index contributed by atoms with van der Waals surface area (Å²) in [6.45, 7) is 10.2. The molecule has 1 aromatic rings. The highest BCUT2D eigenvalue weighted by atomic mass is 16.5. The molecule has 0 unspecified atom stereocenters. The molecular weight excluding hydrogens is 316 g/mol. The Kier molecular flexibility index (Phi) is 3.94. The van der Waals surface area contributed by atoms with Crippen molar-refractivity contribution in [1.29, 1.82) is 0 Å². The van der Waals surface area contributed by atoms with Gasteiger partial charge in [-0.2, -0.15) is 0 Å². The molecule has 1 atom stereocenters. The average molecular weight is 344 g/mol. The van der Waals surface area contributed by atoms with E-state index in [1.165, 1.54) is 7.11 Å². The van der Waals surface area contributed by atoms with Crippen molar-refractivity contribution in [2.24, 2.45) is 5.41 Å². The molecule has 0 spiro atoms. The minimum Gasteiger partial charge on any atom is -0.507 e. The van der Waals surface area contributed by atoms with Crippen molar-refractivity contribution in [3.05, 3.63) is 22.3 Å². The molecule has 2 aliphatic carbocycles. The number of hydrogen-bond acceptors (Lipinski definition) is 4. The molecule has 136 valence electrons. The van der Waals surface area contributed by atoms with E-state index in [0.29, 0.717) is 28.0 Å². The molecule has 0 bridgehead atoms. The van der Waals surface area contributed by atoms with Crippen LogP contribution in [-0.4, -0.2) is 23.6 Å². The number of carbonyl (C=O) groups excluding carboxylic acids is 1. The number of allylic oxidation sites excluding steroid dienone is 2. The summed E-state index contributed by atoms with van der Waals surface area (Å²) in [6.07, 6.45) is 3.68. The summed E-state index contributed by atoms with van der Waals surface area (Å²) in [6, 6.07) is 0. The summed E-state index contributed by atoms with van der Waals surface area (Å²) in [5.41, 5.74) is 2.66. The second-order valence-electron chi connectivity index (χ2n) is 8.52. The van der Waals surface area contributed by atoms with Gasteiger partial charge in [-0.3, -0.25) is 4.79 Å². The highest BCUT2D eigenvalue weighted by molar-refractivity contribution is 6.14. The largest absolute Gasteiger partial charge is 0.507 e. The maximum absolute atomic E-state index is 12.1. The van der Waals surface area contributed by atoms with Gasteiger partial charge in [0.25, 0.3) is 0 Å². The third kappa shape index (κ3) is 2.16. The van der Waals surface area contributed by atoms with Crippen molar-refractivity contribution >= 4 is 11.9 Å². The number of phenolic OH excluding ortho intramolecular Hbond substituents is 2. The molecule has 4 nitrogen and oxygen atoms in total. The molecule has 1 aromatic carbocycles. The van der Waals surface area contributed by atoms with Crippen LogP contribution in [0, 0.1) is 5.41 Å². The van der Waals surface area contributed by atoms with Crippen LogP contribution in [-0.2, 0) is 10.2 Å². The molecule has 1 saturated carbocycles. The molecular formula is C21H28O4. The Morgan fingerprint density at radius 1 is 1.12 bits per heavy atom. The minimum atomic E-state index is -0.461. The lowest BCUT2D eigenvalue weighted by atomic mass is 9.59. The number of methoxy groups -OCH3 is 1. The van der Waals surface area contributed by atoms with Gasteiger partial charge in [-0.15, -0.1) is 0 Å². The van der Waals surface area contributed by atoms with Gasteiger partial charge >= 0.3 is 0 Å². The number of fused-ring (bicyclic) bond motifs is 3. The molecule has 4 heteroatoms. The monoisotopic (exact) mass is 344 g/mol. The number of ether oxygens (including phenoxy) is 1. The van der Waals surface area contributed by atoms with Gasteiger partial charge in [0.15, 0.2) is 17.8 Å². The van der Waals surface area contributed by atoms with Crippen molar-refractivity contribution in [2.45, 2.75) is 65.2 Å². The SMILES string of the molecule is COc1c(O)c2c(c(O)c1C(C)C)C(C=O)=C1C(C)(C)CCC[C@]12C. The molecule has 0 amide bonds. The molecule has 0 radical (unpaired) electrons. The summed E-state index contributed by atoms with van der Waals surface area (Å²) >= 11 is 0. The van der Waals surface area contributed by atoms with Crippen LogP contribution in [0.3, 0.4) is 0 Å². The average Bonchev–Trinajstić information content (AvgIpc) is 2.80. The summed E-state index contributed by atoms with van der Waals surface area (Å²) in [5, 5.41) is 22.1. The van der Waals surface area contributed by atoms with Gasteiger partial charge in [-0.05, 0) is 29.7 Å². The van der Waals surface area contributed by atoms with E-state index in [0.717, 1.165) is 31.1 Å². The van der Waals surface area contributed by atoms with E-state index >= 15 is 0 Å². The minimum absolute atomic E-state index is 0.0486. The number of rotatable bonds is 3. The third-order valence-electron chi connectivity index (χ3n) is 6.14. The fourth-order valence-corrected chi connectivity index (χ4v) is 5.30. The zero-order chi connectivity index (χ0) is 18.7. The van der Waals surface area contributed by atoms with Gasteiger partial charge < -0.3 is 14.9 Å². The number of aromatic hydroxyl groups is 2. The summed E-state index contributed by atoms with van der Waals surface area (Å²) in [4.78, 5) is 12.1. The number of hydrogen-bond donors (Lipinski definition) is 2. The lowest BCUT2D eigenvalue weighted by Gasteiger charge is -2.44. The Balaban J connectivity index is 2.49. The van der Waals surface area contributed by atoms with E-state index in [4.69, 9.17) is 4.74 Å². The molecule has 0 saturated heterocycles. The first-order chi connectivity index (χ1) is 11.6. The smallest absolute Gasteiger partial charge is 0.167 e. The van der Waals surface area contributed by atoms with Crippen LogP contribution in [0.1, 0.15) is 76.5 Å². The first-order valence-corrected chi connectivity index (χ1v) is 8.98. The van der Waals surface area contributed by atoms with Crippen LogP contribution in [0.2, 0.25) is 0 Å². The van der Waals surface area contributed by atoms with Crippen molar-refractivity contribution in [1.82, 2.24) is 0 Å². The molecule has 2 aliphatic rings. The molecule has 25 heavy (non-hydrogen) atoms. The highest BCUT2D eigenvalue weighted by Crippen LogP contribution is 2.65. The normalized spacial score (nSPS) is 24.3. The quantitative estimate of drug-likeness (QED) is 0.618. The summed E-state index contributed by atoms with van der Waals surface area (Å²) < 4.78 is 5.47. The van der Waals surface area contributed by atoms with Crippen molar-refractivity contribution in [3.8, 4) is 17.2 Å². The Morgan fingerprint density at radius 2 is 1.76 bits per heavy atom. The summed E-state index contributed by atoms with van der Waals surface area (Å²) in [7, 11) is 1.50. The van der Waals surface area contributed by atoms with Crippen LogP contribution in [0.4, 0.5) is 0 Å².